The van der Waals surface area contributed by atoms with Gasteiger partial charge in [-0.3, -0.25) is 0 Å². The van der Waals surface area contributed by atoms with Gasteiger partial charge in [0.2, 0.25) is 0 Å². The summed E-state index contributed by atoms with van der Waals surface area (Å²) >= 11 is 3.24. The van der Waals surface area contributed by atoms with Crippen LogP contribution in [-0.4, -0.2) is 10.2 Å². The van der Waals surface area contributed by atoms with Crippen molar-refractivity contribution in [2.24, 2.45) is 0 Å². The highest BCUT2D eigenvalue weighted by molar-refractivity contribution is 9.10. The number of phenolic OH excluding ortho intramolecular Hbond substituents is 1. The van der Waals surface area contributed by atoms with Crippen molar-refractivity contribution in [2.45, 2.75) is 6.10 Å². The van der Waals surface area contributed by atoms with Crippen LogP contribution >= 0.6 is 15.9 Å². The molecule has 2 rings (SSSR count). The van der Waals surface area contributed by atoms with Crippen molar-refractivity contribution in [2.75, 3.05) is 0 Å². The molecule has 5 heteroatoms. The first-order valence-electron chi connectivity index (χ1n) is 5.11. The van der Waals surface area contributed by atoms with Gasteiger partial charge in [-0.2, -0.15) is 0 Å². The van der Waals surface area contributed by atoms with Crippen molar-refractivity contribution in [3.05, 3.63) is 63.6 Å². The lowest BCUT2D eigenvalue weighted by Gasteiger charge is -2.14. The lowest BCUT2D eigenvalue weighted by Crippen LogP contribution is -2.02. The van der Waals surface area contributed by atoms with Gasteiger partial charge >= 0.3 is 0 Å². The number of aliphatic hydroxyl groups is 1. The van der Waals surface area contributed by atoms with Crippen LogP contribution in [0.4, 0.5) is 8.78 Å². The molecule has 0 spiro atoms. The summed E-state index contributed by atoms with van der Waals surface area (Å²) in [5.74, 6) is -2.76. The van der Waals surface area contributed by atoms with Crippen molar-refractivity contribution in [1.82, 2.24) is 0 Å². The fourth-order valence-corrected chi connectivity index (χ4v) is 2.14. The van der Waals surface area contributed by atoms with E-state index in [-0.39, 0.29) is 5.56 Å². The smallest absolute Gasteiger partial charge is 0.162 e. The zero-order valence-electron chi connectivity index (χ0n) is 9.07. The molecule has 94 valence electrons. The third-order valence-electron chi connectivity index (χ3n) is 2.56. The van der Waals surface area contributed by atoms with Crippen LogP contribution < -0.4 is 0 Å². The van der Waals surface area contributed by atoms with Gasteiger partial charge in [0.1, 0.15) is 11.9 Å². The van der Waals surface area contributed by atoms with E-state index in [1.54, 1.807) is 24.3 Å². The Hall–Kier alpha value is -1.46. The summed E-state index contributed by atoms with van der Waals surface area (Å²) in [5, 5.41) is 19.6. The normalized spacial score (nSPS) is 12.4. The number of rotatable bonds is 2. The molecular formula is C13H9BrF2O2. The zero-order valence-corrected chi connectivity index (χ0v) is 10.7. The first-order chi connectivity index (χ1) is 8.50. The van der Waals surface area contributed by atoms with Gasteiger partial charge in [-0.05, 0) is 17.7 Å². The quantitative estimate of drug-likeness (QED) is 0.890. The van der Waals surface area contributed by atoms with Gasteiger partial charge in [-0.15, -0.1) is 0 Å². The average molecular weight is 315 g/mol. The second kappa shape index (κ2) is 5.04. The predicted octanol–water partition coefficient (Wildman–Crippen LogP) is 3.51. The highest BCUT2D eigenvalue weighted by atomic mass is 79.9. The topological polar surface area (TPSA) is 40.5 Å². The van der Waals surface area contributed by atoms with Gasteiger partial charge in [-0.1, -0.05) is 34.1 Å². The van der Waals surface area contributed by atoms with E-state index in [4.69, 9.17) is 0 Å². The molecule has 0 bridgehead atoms. The fourth-order valence-electron chi connectivity index (χ4n) is 1.64. The summed E-state index contributed by atoms with van der Waals surface area (Å²) in [6, 6.07) is 8.20. The molecule has 18 heavy (non-hydrogen) atoms. The third kappa shape index (κ3) is 2.37. The second-order valence-electron chi connectivity index (χ2n) is 3.75. The maximum atomic E-state index is 13.1. The number of aliphatic hydroxyl groups excluding tert-OH is 1. The average Bonchev–Trinajstić information content (AvgIpc) is 2.33. The van der Waals surface area contributed by atoms with Gasteiger partial charge in [0.15, 0.2) is 11.6 Å². The molecule has 1 unspecified atom stereocenters. The van der Waals surface area contributed by atoms with Crippen molar-refractivity contribution >= 4 is 15.9 Å². The van der Waals surface area contributed by atoms with Crippen molar-refractivity contribution in [3.8, 4) is 5.75 Å². The van der Waals surface area contributed by atoms with Gasteiger partial charge in [0.25, 0.3) is 0 Å². The van der Waals surface area contributed by atoms with Crippen LogP contribution in [0, 0.1) is 11.6 Å². The SMILES string of the molecule is Oc1cc(F)c(F)cc1C(O)c1ccccc1Br. The Bertz CT molecular complexity index is 587. The van der Waals surface area contributed by atoms with E-state index in [1.165, 1.54) is 0 Å². The predicted molar refractivity (Wildman–Crippen MR) is 66.2 cm³/mol. The lowest BCUT2D eigenvalue weighted by atomic mass is 10.0. The number of hydrogen-bond acceptors (Lipinski definition) is 2. The van der Waals surface area contributed by atoms with Crippen LogP contribution in [0.3, 0.4) is 0 Å². The number of aromatic hydroxyl groups is 1. The maximum Gasteiger partial charge on any atom is 0.162 e. The van der Waals surface area contributed by atoms with Crippen LogP contribution in [0.1, 0.15) is 17.2 Å². The zero-order chi connectivity index (χ0) is 13.3. The molecule has 2 aromatic rings. The van der Waals surface area contributed by atoms with Crippen LogP contribution in [0.15, 0.2) is 40.9 Å². The number of halogens is 3. The largest absolute Gasteiger partial charge is 0.507 e. The lowest BCUT2D eigenvalue weighted by molar-refractivity contribution is 0.213. The third-order valence-corrected chi connectivity index (χ3v) is 3.29. The molecule has 0 aliphatic carbocycles. The van der Waals surface area contributed by atoms with E-state index in [2.05, 4.69) is 15.9 Å². The molecule has 0 saturated carbocycles. The molecule has 2 N–H and O–H groups in total. The first-order valence-corrected chi connectivity index (χ1v) is 5.90. The molecule has 0 radical (unpaired) electrons. The van der Waals surface area contributed by atoms with Gasteiger partial charge in [0.05, 0.1) is 0 Å². The summed E-state index contributed by atoms with van der Waals surface area (Å²) in [6.07, 6.45) is -1.24. The van der Waals surface area contributed by atoms with Crippen LogP contribution in [-0.2, 0) is 0 Å². The molecule has 0 saturated heterocycles. The van der Waals surface area contributed by atoms with Crippen molar-refractivity contribution in [1.29, 1.82) is 0 Å². The molecular weight excluding hydrogens is 306 g/mol. The molecule has 0 aromatic heterocycles. The number of benzene rings is 2. The number of hydrogen-bond donors (Lipinski definition) is 2. The van der Waals surface area contributed by atoms with Crippen molar-refractivity contribution in [3.63, 3.8) is 0 Å². The summed E-state index contributed by atoms with van der Waals surface area (Å²) < 4.78 is 26.6. The number of phenols is 1. The van der Waals surface area contributed by atoms with Crippen LogP contribution in [0.2, 0.25) is 0 Å². The van der Waals surface area contributed by atoms with Gasteiger partial charge < -0.3 is 10.2 Å². The minimum atomic E-state index is -1.24. The first kappa shape index (κ1) is 13.0. The van der Waals surface area contributed by atoms with E-state index in [9.17, 15) is 19.0 Å². The Kier molecular flexibility index (Phi) is 3.63. The molecule has 0 amide bonds. The van der Waals surface area contributed by atoms with E-state index in [1.807, 2.05) is 0 Å². The fraction of sp³-hybridized carbons (Fsp3) is 0.0769. The Morgan fingerprint density at radius 3 is 2.28 bits per heavy atom. The molecule has 0 fully saturated rings. The molecule has 0 heterocycles. The highest BCUT2D eigenvalue weighted by Crippen LogP contribution is 2.34. The molecule has 0 aliphatic heterocycles. The monoisotopic (exact) mass is 314 g/mol. The van der Waals surface area contributed by atoms with Crippen LogP contribution in [0.5, 0.6) is 5.75 Å². The highest BCUT2D eigenvalue weighted by Gasteiger charge is 2.19. The van der Waals surface area contributed by atoms with Crippen LogP contribution in [0.25, 0.3) is 0 Å². The maximum absolute atomic E-state index is 13.1. The molecule has 2 aromatic carbocycles. The standard InChI is InChI=1S/C13H9BrF2O2/c14-9-4-2-1-3-7(9)13(18)8-5-10(15)11(16)6-12(8)17/h1-6,13,17-18H. The van der Waals surface area contributed by atoms with E-state index < -0.39 is 23.5 Å². The van der Waals surface area contributed by atoms with Gasteiger partial charge in [0, 0.05) is 16.1 Å². The minimum Gasteiger partial charge on any atom is -0.507 e. The van der Waals surface area contributed by atoms with E-state index >= 15 is 0 Å². The Labute approximate surface area is 111 Å². The van der Waals surface area contributed by atoms with E-state index in [0.717, 1.165) is 6.07 Å². The minimum absolute atomic E-state index is 0.0826. The summed E-state index contributed by atoms with van der Waals surface area (Å²) in [6.45, 7) is 0. The van der Waals surface area contributed by atoms with Gasteiger partial charge in [-0.25, -0.2) is 8.78 Å². The summed E-state index contributed by atoms with van der Waals surface area (Å²) in [4.78, 5) is 0. The Balaban J connectivity index is 2.50. The van der Waals surface area contributed by atoms with E-state index in [0.29, 0.717) is 16.1 Å². The molecule has 2 nitrogen and oxygen atoms in total. The summed E-state index contributed by atoms with van der Waals surface area (Å²) in [7, 11) is 0. The summed E-state index contributed by atoms with van der Waals surface area (Å²) in [5.41, 5.74) is 0.375. The Morgan fingerprint density at radius 2 is 1.61 bits per heavy atom. The molecule has 0 aliphatic rings. The van der Waals surface area contributed by atoms with Crippen molar-refractivity contribution < 1.29 is 19.0 Å². The Morgan fingerprint density at radius 1 is 1.00 bits per heavy atom. The second-order valence-corrected chi connectivity index (χ2v) is 4.60. The molecule has 1 atom stereocenters.